The molecular formula is C16H15FN4O2. The maximum Gasteiger partial charge on any atom is 0.412 e. The first-order chi connectivity index (χ1) is 11.0. The predicted molar refractivity (Wildman–Crippen MR) is 83.4 cm³/mol. The van der Waals surface area contributed by atoms with E-state index in [4.69, 9.17) is 16.2 Å². The number of benzene rings is 2. The molecule has 6 nitrogen and oxygen atoms in total. The van der Waals surface area contributed by atoms with E-state index < -0.39 is 12.1 Å². The van der Waals surface area contributed by atoms with Crippen LogP contribution in [0.15, 0.2) is 42.5 Å². The molecule has 1 aromatic heterocycles. The van der Waals surface area contributed by atoms with E-state index in [1.165, 1.54) is 12.1 Å². The summed E-state index contributed by atoms with van der Waals surface area (Å²) in [6, 6.07) is 11.2. The van der Waals surface area contributed by atoms with Crippen LogP contribution >= 0.6 is 0 Å². The van der Waals surface area contributed by atoms with Crippen molar-refractivity contribution in [3.63, 3.8) is 0 Å². The number of carbonyl (C=O) groups excluding carboxylic acids is 1. The number of fused-ring (bicyclic) bond motifs is 1. The van der Waals surface area contributed by atoms with Crippen LogP contribution < -0.4 is 16.2 Å². The Hall–Kier alpha value is -2.93. The molecule has 0 saturated heterocycles. The van der Waals surface area contributed by atoms with Crippen LogP contribution in [0.2, 0.25) is 0 Å². The standard InChI is InChI=1S/C16H15FN4O2/c1-21-13-7-4-10(8-12(13)20-16(21)23-15(19)22)14(18)9-2-5-11(17)6-3-9/h2-8,14H,18H2,1H3,(H2,19,22). The SMILES string of the molecule is Cn1c(OC(N)=O)nc2cc(C(N)c3ccc(F)cc3)ccc21. The largest absolute Gasteiger partial charge is 0.412 e. The number of hydrogen-bond donors (Lipinski definition) is 2. The summed E-state index contributed by atoms with van der Waals surface area (Å²) in [5, 5.41) is 0. The van der Waals surface area contributed by atoms with Crippen molar-refractivity contribution < 1.29 is 13.9 Å². The highest BCUT2D eigenvalue weighted by molar-refractivity contribution is 5.79. The molecule has 0 aliphatic carbocycles. The number of nitrogens with two attached hydrogens (primary N) is 2. The number of aromatic nitrogens is 2. The first kappa shape index (κ1) is 15.0. The molecule has 23 heavy (non-hydrogen) atoms. The van der Waals surface area contributed by atoms with Crippen LogP contribution in [-0.4, -0.2) is 15.6 Å². The van der Waals surface area contributed by atoms with Crippen molar-refractivity contribution in [3.8, 4) is 6.01 Å². The molecule has 0 saturated carbocycles. The van der Waals surface area contributed by atoms with Crippen LogP contribution in [0.3, 0.4) is 0 Å². The number of ether oxygens (including phenoxy) is 1. The molecular weight excluding hydrogens is 299 g/mol. The normalized spacial score (nSPS) is 12.3. The topological polar surface area (TPSA) is 96.2 Å². The van der Waals surface area contributed by atoms with Gasteiger partial charge in [0.15, 0.2) is 0 Å². The molecule has 0 fully saturated rings. The zero-order valence-corrected chi connectivity index (χ0v) is 12.4. The van der Waals surface area contributed by atoms with E-state index in [0.717, 1.165) is 16.6 Å². The van der Waals surface area contributed by atoms with Gasteiger partial charge in [-0.05, 0) is 35.4 Å². The van der Waals surface area contributed by atoms with Crippen molar-refractivity contribution in [1.29, 1.82) is 0 Å². The predicted octanol–water partition coefficient (Wildman–Crippen LogP) is 2.22. The van der Waals surface area contributed by atoms with Gasteiger partial charge >= 0.3 is 12.1 Å². The van der Waals surface area contributed by atoms with Crippen LogP contribution in [-0.2, 0) is 7.05 Å². The van der Waals surface area contributed by atoms with Crippen LogP contribution in [0.4, 0.5) is 9.18 Å². The third-order valence-corrected chi connectivity index (χ3v) is 3.64. The lowest BCUT2D eigenvalue weighted by atomic mass is 9.99. The second-order valence-corrected chi connectivity index (χ2v) is 5.15. The number of amides is 1. The van der Waals surface area contributed by atoms with Crippen LogP contribution in [0, 0.1) is 5.82 Å². The molecule has 0 aliphatic rings. The average molecular weight is 314 g/mol. The highest BCUT2D eigenvalue weighted by Gasteiger charge is 2.14. The minimum absolute atomic E-state index is 0.111. The Labute approximate surface area is 131 Å². The zero-order valence-electron chi connectivity index (χ0n) is 12.4. The van der Waals surface area contributed by atoms with Crippen LogP contribution in [0.1, 0.15) is 17.2 Å². The second-order valence-electron chi connectivity index (χ2n) is 5.15. The number of halogens is 1. The van der Waals surface area contributed by atoms with E-state index in [2.05, 4.69) is 4.98 Å². The van der Waals surface area contributed by atoms with Gasteiger partial charge in [-0.25, -0.2) is 9.18 Å². The number of primary amides is 1. The van der Waals surface area contributed by atoms with E-state index in [-0.39, 0.29) is 11.8 Å². The second kappa shape index (κ2) is 5.69. The molecule has 1 amide bonds. The van der Waals surface area contributed by atoms with Crippen molar-refractivity contribution >= 4 is 17.1 Å². The molecule has 7 heteroatoms. The summed E-state index contributed by atoms with van der Waals surface area (Å²) < 4.78 is 19.5. The van der Waals surface area contributed by atoms with E-state index in [9.17, 15) is 9.18 Å². The van der Waals surface area contributed by atoms with Gasteiger partial charge in [-0.3, -0.25) is 4.57 Å². The number of carbonyl (C=O) groups is 1. The fourth-order valence-electron chi connectivity index (χ4n) is 2.43. The maximum absolute atomic E-state index is 13.0. The van der Waals surface area contributed by atoms with Gasteiger partial charge in [-0.1, -0.05) is 18.2 Å². The monoisotopic (exact) mass is 314 g/mol. The van der Waals surface area contributed by atoms with Gasteiger partial charge in [-0.15, -0.1) is 0 Å². The maximum atomic E-state index is 13.0. The Balaban J connectivity index is 1.99. The van der Waals surface area contributed by atoms with E-state index in [1.54, 1.807) is 29.8 Å². The van der Waals surface area contributed by atoms with Crippen molar-refractivity contribution in [2.24, 2.45) is 18.5 Å². The van der Waals surface area contributed by atoms with Gasteiger partial charge < -0.3 is 16.2 Å². The van der Waals surface area contributed by atoms with E-state index in [0.29, 0.717) is 5.52 Å². The van der Waals surface area contributed by atoms with Crippen LogP contribution in [0.25, 0.3) is 11.0 Å². The van der Waals surface area contributed by atoms with Gasteiger partial charge in [0, 0.05) is 7.05 Å². The molecule has 0 aliphatic heterocycles. The minimum atomic E-state index is -0.924. The Kier molecular flexibility index (Phi) is 3.71. The Morgan fingerprint density at radius 1 is 1.22 bits per heavy atom. The summed E-state index contributed by atoms with van der Waals surface area (Å²) in [7, 11) is 1.72. The molecule has 1 heterocycles. The molecule has 4 N–H and O–H groups in total. The van der Waals surface area contributed by atoms with Gasteiger partial charge in [0.1, 0.15) is 5.82 Å². The molecule has 2 aromatic carbocycles. The molecule has 0 spiro atoms. The highest BCUT2D eigenvalue weighted by Crippen LogP contribution is 2.26. The van der Waals surface area contributed by atoms with Crippen molar-refractivity contribution in [2.45, 2.75) is 6.04 Å². The fourth-order valence-corrected chi connectivity index (χ4v) is 2.43. The Morgan fingerprint density at radius 2 is 1.87 bits per heavy atom. The number of rotatable bonds is 3. The number of hydrogen-bond acceptors (Lipinski definition) is 4. The van der Waals surface area contributed by atoms with Gasteiger partial charge in [-0.2, -0.15) is 4.98 Å². The lowest BCUT2D eigenvalue weighted by Crippen LogP contribution is -2.18. The van der Waals surface area contributed by atoms with Crippen molar-refractivity contribution in [3.05, 3.63) is 59.4 Å². The number of nitrogens with zero attached hydrogens (tertiary/aromatic N) is 2. The van der Waals surface area contributed by atoms with Crippen molar-refractivity contribution in [2.75, 3.05) is 0 Å². The summed E-state index contributed by atoms with van der Waals surface area (Å²) in [5.74, 6) is -0.311. The third-order valence-electron chi connectivity index (χ3n) is 3.64. The van der Waals surface area contributed by atoms with E-state index in [1.807, 2.05) is 12.1 Å². The summed E-state index contributed by atoms with van der Waals surface area (Å²) in [6.45, 7) is 0. The quantitative estimate of drug-likeness (QED) is 0.774. The summed E-state index contributed by atoms with van der Waals surface area (Å²) in [6.07, 6.45) is -0.924. The number of aryl methyl sites for hydroxylation is 1. The molecule has 3 aromatic rings. The third kappa shape index (κ3) is 2.86. The highest BCUT2D eigenvalue weighted by atomic mass is 19.1. The molecule has 118 valence electrons. The molecule has 0 bridgehead atoms. The Bertz CT molecular complexity index is 874. The summed E-state index contributed by atoms with van der Waals surface area (Å²) in [5.41, 5.74) is 14.2. The summed E-state index contributed by atoms with van der Waals surface area (Å²) >= 11 is 0. The number of imidazole rings is 1. The minimum Gasteiger partial charge on any atom is -0.375 e. The van der Waals surface area contributed by atoms with Gasteiger partial charge in [0.25, 0.3) is 0 Å². The van der Waals surface area contributed by atoms with Gasteiger partial charge in [0.05, 0.1) is 17.1 Å². The smallest absolute Gasteiger partial charge is 0.375 e. The van der Waals surface area contributed by atoms with Crippen molar-refractivity contribution in [1.82, 2.24) is 9.55 Å². The molecule has 3 rings (SSSR count). The zero-order chi connectivity index (χ0) is 16.6. The lowest BCUT2D eigenvalue weighted by Gasteiger charge is -2.12. The first-order valence-electron chi connectivity index (χ1n) is 6.90. The molecule has 1 unspecified atom stereocenters. The van der Waals surface area contributed by atoms with Crippen LogP contribution in [0.5, 0.6) is 6.01 Å². The summed E-state index contributed by atoms with van der Waals surface area (Å²) in [4.78, 5) is 15.1. The lowest BCUT2D eigenvalue weighted by molar-refractivity contribution is 0.205. The first-order valence-corrected chi connectivity index (χ1v) is 6.90. The van der Waals surface area contributed by atoms with Gasteiger partial charge in [0.2, 0.25) is 0 Å². The fraction of sp³-hybridized carbons (Fsp3) is 0.125. The average Bonchev–Trinajstić information content (AvgIpc) is 2.82. The molecule has 1 atom stereocenters. The molecule has 0 radical (unpaired) electrons. The Morgan fingerprint density at radius 3 is 2.52 bits per heavy atom. The van der Waals surface area contributed by atoms with E-state index >= 15 is 0 Å².